The van der Waals surface area contributed by atoms with Crippen molar-refractivity contribution in [3.8, 4) is 11.3 Å². The minimum Gasteiger partial charge on any atom is -0.451 e. The number of benzene rings is 3. The highest BCUT2D eigenvalue weighted by molar-refractivity contribution is 9.10. The van der Waals surface area contributed by atoms with Gasteiger partial charge < -0.3 is 4.74 Å². The van der Waals surface area contributed by atoms with Crippen LogP contribution in [-0.4, -0.2) is 34.7 Å². The third-order valence-corrected chi connectivity index (χ3v) is 9.09. The topological polar surface area (TPSA) is 93.6 Å². The summed E-state index contributed by atoms with van der Waals surface area (Å²) in [6.45, 7) is 3.65. The van der Waals surface area contributed by atoms with Crippen LogP contribution in [0.5, 0.6) is 0 Å². The molecule has 1 aliphatic carbocycles. The number of aromatic nitrogens is 1. The standard InChI is InChI=1S/C34H28BrClN2O5/c1-18-6-12-25-27(14-18)33(41)38(32(25)40)24-10-7-20(8-11-24)30-17-28(26-16-22(35)9-13-29(26)37-30)34(42)43-19(2)31(39)21-4-3-5-23(36)15-21/h3-5,7-11,13,15-19,25,27H,6,12,14H2,1-2H3. The number of amides is 2. The number of ketones is 1. The third kappa shape index (κ3) is 5.61. The highest BCUT2D eigenvalue weighted by atomic mass is 79.9. The lowest BCUT2D eigenvalue weighted by Gasteiger charge is -2.25. The van der Waals surface area contributed by atoms with Crippen molar-refractivity contribution < 1.29 is 23.9 Å². The number of esters is 1. The molecule has 1 saturated heterocycles. The Morgan fingerprint density at radius 2 is 1.72 bits per heavy atom. The lowest BCUT2D eigenvalue weighted by atomic mass is 9.76. The molecule has 0 bridgehead atoms. The Balaban J connectivity index is 1.30. The summed E-state index contributed by atoms with van der Waals surface area (Å²) in [5.41, 5.74) is 2.88. The second kappa shape index (κ2) is 11.7. The third-order valence-electron chi connectivity index (χ3n) is 8.36. The van der Waals surface area contributed by atoms with E-state index in [-0.39, 0.29) is 35.0 Å². The van der Waals surface area contributed by atoms with Gasteiger partial charge in [0.15, 0.2) is 6.10 Å². The fraction of sp³-hybridized carbons (Fsp3) is 0.265. The van der Waals surface area contributed by atoms with Gasteiger partial charge in [0.2, 0.25) is 17.6 Å². The predicted octanol–water partition coefficient (Wildman–Crippen LogP) is 7.67. The summed E-state index contributed by atoms with van der Waals surface area (Å²) in [5, 5.41) is 0.976. The maximum absolute atomic E-state index is 13.5. The summed E-state index contributed by atoms with van der Waals surface area (Å²) < 4.78 is 6.39. The van der Waals surface area contributed by atoms with Crippen molar-refractivity contribution in [2.45, 2.75) is 39.2 Å². The van der Waals surface area contributed by atoms with Crippen molar-refractivity contribution in [1.82, 2.24) is 4.98 Å². The molecule has 2 heterocycles. The van der Waals surface area contributed by atoms with Crippen LogP contribution >= 0.6 is 27.5 Å². The summed E-state index contributed by atoms with van der Waals surface area (Å²) in [4.78, 5) is 58.9. The summed E-state index contributed by atoms with van der Waals surface area (Å²) in [5.74, 6) is -1.36. The van der Waals surface area contributed by atoms with E-state index >= 15 is 0 Å². The average Bonchev–Trinajstić information content (AvgIpc) is 3.24. The number of Topliss-reactive ketones (excluding diaryl/α,β-unsaturated/α-hetero) is 1. The number of rotatable bonds is 6. The Hall–Kier alpha value is -3.88. The fourth-order valence-electron chi connectivity index (χ4n) is 6.09. The van der Waals surface area contributed by atoms with Crippen molar-refractivity contribution >= 4 is 67.7 Å². The molecule has 218 valence electrons. The average molecular weight is 660 g/mol. The van der Waals surface area contributed by atoms with E-state index in [1.54, 1.807) is 60.7 Å². The van der Waals surface area contributed by atoms with E-state index in [4.69, 9.17) is 21.3 Å². The lowest BCUT2D eigenvalue weighted by Crippen LogP contribution is -2.30. The molecular formula is C34H28BrClN2O5. The maximum Gasteiger partial charge on any atom is 0.339 e. The Bertz CT molecular complexity index is 1790. The molecule has 2 aliphatic rings. The minimum absolute atomic E-state index is 0.129. The summed E-state index contributed by atoms with van der Waals surface area (Å²) >= 11 is 9.50. The first-order chi connectivity index (χ1) is 20.6. The number of carbonyl (C=O) groups excluding carboxylic acids is 4. The smallest absolute Gasteiger partial charge is 0.339 e. The highest BCUT2D eigenvalue weighted by Crippen LogP contribution is 2.42. The van der Waals surface area contributed by atoms with Gasteiger partial charge in [-0.25, -0.2) is 9.78 Å². The molecule has 1 aliphatic heterocycles. The van der Waals surface area contributed by atoms with Crippen LogP contribution in [0.1, 0.15) is 53.8 Å². The van der Waals surface area contributed by atoms with Crippen molar-refractivity contribution in [1.29, 1.82) is 0 Å². The zero-order chi connectivity index (χ0) is 30.4. The first-order valence-corrected chi connectivity index (χ1v) is 15.4. The van der Waals surface area contributed by atoms with Crippen LogP contribution in [0, 0.1) is 17.8 Å². The molecule has 43 heavy (non-hydrogen) atoms. The van der Waals surface area contributed by atoms with Gasteiger partial charge in [-0.15, -0.1) is 0 Å². The van der Waals surface area contributed by atoms with Crippen LogP contribution < -0.4 is 4.90 Å². The van der Waals surface area contributed by atoms with Gasteiger partial charge in [-0.05, 0) is 80.6 Å². The van der Waals surface area contributed by atoms with Crippen LogP contribution in [0.25, 0.3) is 22.2 Å². The number of carbonyl (C=O) groups is 4. The van der Waals surface area contributed by atoms with Gasteiger partial charge in [-0.1, -0.05) is 58.7 Å². The number of anilines is 1. The number of fused-ring (bicyclic) bond motifs is 2. The van der Waals surface area contributed by atoms with Crippen molar-refractivity contribution in [3.05, 3.63) is 93.4 Å². The molecule has 1 saturated carbocycles. The molecule has 0 N–H and O–H groups in total. The molecule has 4 unspecified atom stereocenters. The van der Waals surface area contributed by atoms with Gasteiger partial charge >= 0.3 is 5.97 Å². The SMILES string of the molecule is CC1CCC2C(=O)N(c3ccc(-c4cc(C(=O)OC(C)C(=O)c5cccc(Cl)c5)c5cc(Br)ccc5n4)cc3)C(=O)C2C1. The Kier molecular flexibility index (Phi) is 7.92. The zero-order valence-corrected chi connectivity index (χ0v) is 25.9. The molecule has 2 amide bonds. The molecule has 4 aromatic rings. The van der Waals surface area contributed by atoms with Gasteiger partial charge in [-0.2, -0.15) is 0 Å². The van der Waals surface area contributed by atoms with E-state index in [2.05, 4.69) is 22.9 Å². The molecule has 0 spiro atoms. The maximum atomic E-state index is 13.5. The van der Waals surface area contributed by atoms with Gasteiger partial charge in [0.1, 0.15) is 0 Å². The number of pyridine rings is 1. The molecule has 6 rings (SSSR count). The van der Waals surface area contributed by atoms with Gasteiger partial charge in [0.25, 0.3) is 0 Å². The number of hydrogen-bond donors (Lipinski definition) is 0. The normalized spacial score (nSPS) is 20.7. The van der Waals surface area contributed by atoms with E-state index in [9.17, 15) is 19.2 Å². The highest BCUT2D eigenvalue weighted by Gasteiger charge is 2.49. The van der Waals surface area contributed by atoms with Crippen LogP contribution in [0.2, 0.25) is 5.02 Å². The quantitative estimate of drug-likeness (QED) is 0.120. The van der Waals surface area contributed by atoms with Crippen molar-refractivity contribution in [2.75, 3.05) is 4.90 Å². The first kappa shape index (κ1) is 29.2. The van der Waals surface area contributed by atoms with Gasteiger partial charge in [0, 0.05) is 26.0 Å². The molecule has 9 heteroatoms. The van der Waals surface area contributed by atoms with Crippen molar-refractivity contribution in [3.63, 3.8) is 0 Å². The van der Waals surface area contributed by atoms with E-state index in [0.717, 1.165) is 23.7 Å². The number of nitrogens with zero attached hydrogens (tertiary/aromatic N) is 2. The molecular weight excluding hydrogens is 632 g/mol. The van der Waals surface area contributed by atoms with E-state index in [1.165, 1.54) is 17.9 Å². The van der Waals surface area contributed by atoms with E-state index < -0.39 is 12.1 Å². The summed E-state index contributed by atoms with van der Waals surface area (Å²) in [6.07, 6.45) is 1.38. The van der Waals surface area contributed by atoms with Gasteiger partial charge in [0.05, 0.1) is 34.3 Å². The fourth-order valence-corrected chi connectivity index (χ4v) is 6.65. The summed E-state index contributed by atoms with van der Waals surface area (Å²) in [6, 6.07) is 20.6. The molecule has 7 nitrogen and oxygen atoms in total. The Morgan fingerprint density at radius 3 is 2.47 bits per heavy atom. The minimum atomic E-state index is -1.05. The van der Waals surface area contributed by atoms with Crippen LogP contribution in [-0.2, 0) is 14.3 Å². The molecule has 2 fully saturated rings. The Morgan fingerprint density at radius 1 is 0.977 bits per heavy atom. The van der Waals surface area contributed by atoms with Crippen LogP contribution in [0.4, 0.5) is 5.69 Å². The number of imide groups is 1. The molecule has 0 radical (unpaired) electrons. The molecule has 1 aromatic heterocycles. The predicted molar refractivity (Wildman–Crippen MR) is 168 cm³/mol. The Labute approximate surface area is 262 Å². The first-order valence-electron chi connectivity index (χ1n) is 14.2. The monoisotopic (exact) mass is 658 g/mol. The van der Waals surface area contributed by atoms with Crippen molar-refractivity contribution in [2.24, 2.45) is 17.8 Å². The van der Waals surface area contributed by atoms with E-state index in [1.807, 2.05) is 6.07 Å². The largest absolute Gasteiger partial charge is 0.451 e. The number of halogens is 2. The molecule has 3 aromatic carbocycles. The second-order valence-corrected chi connectivity index (χ2v) is 12.7. The van der Waals surface area contributed by atoms with E-state index in [0.29, 0.717) is 44.4 Å². The van der Waals surface area contributed by atoms with Crippen LogP contribution in [0.3, 0.4) is 0 Å². The second-order valence-electron chi connectivity index (χ2n) is 11.3. The van der Waals surface area contributed by atoms with Gasteiger partial charge in [-0.3, -0.25) is 19.3 Å². The molecule has 4 atom stereocenters. The summed E-state index contributed by atoms with van der Waals surface area (Å²) in [7, 11) is 0. The van der Waals surface area contributed by atoms with Crippen LogP contribution in [0.15, 0.2) is 77.3 Å². The zero-order valence-electron chi connectivity index (χ0n) is 23.6. The number of hydrogen-bond acceptors (Lipinski definition) is 6. The lowest BCUT2D eigenvalue weighted by molar-refractivity contribution is -0.122. The number of ether oxygens (including phenoxy) is 1.